The van der Waals surface area contributed by atoms with Gasteiger partial charge in [-0.3, -0.25) is 0 Å². The lowest BCUT2D eigenvalue weighted by molar-refractivity contribution is 0.509. The number of nitrogens with one attached hydrogen (secondary N) is 2. The predicted octanol–water partition coefficient (Wildman–Crippen LogP) is 4.99. The quantitative estimate of drug-likeness (QED) is 0.687. The van der Waals surface area contributed by atoms with Crippen molar-refractivity contribution in [2.24, 2.45) is 0 Å². The minimum Gasteiger partial charge on any atom is -0.368 e. The van der Waals surface area contributed by atoms with Crippen molar-refractivity contribution < 1.29 is 8.78 Å². The zero-order chi connectivity index (χ0) is 17.8. The molecule has 0 saturated heterocycles. The van der Waals surface area contributed by atoms with Crippen molar-refractivity contribution in [3.63, 3.8) is 0 Å². The fourth-order valence-corrected chi connectivity index (χ4v) is 2.32. The Morgan fingerprint density at radius 1 is 0.840 bits per heavy atom. The maximum absolute atomic E-state index is 13.4. The van der Waals surface area contributed by atoms with E-state index in [0.717, 1.165) is 17.7 Å². The second kappa shape index (κ2) is 7.25. The summed E-state index contributed by atoms with van der Waals surface area (Å²) in [7, 11) is 0. The molecule has 0 radical (unpaired) electrons. The van der Waals surface area contributed by atoms with Gasteiger partial charge in [0.15, 0.2) is 17.5 Å². The Labute approximate surface area is 145 Å². The lowest BCUT2D eigenvalue weighted by atomic mass is 10.2. The Morgan fingerprint density at radius 2 is 1.56 bits per heavy atom. The maximum atomic E-state index is 13.4. The molecule has 0 spiro atoms. The van der Waals surface area contributed by atoms with Crippen molar-refractivity contribution in [1.82, 2.24) is 9.97 Å². The molecule has 0 aliphatic carbocycles. The van der Waals surface area contributed by atoms with Crippen molar-refractivity contribution in [3.8, 4) is 11.4 Å². The predicted molar refractivity (Wildman–Crippen MR) is 95.9 cm³/mol. The summed E-state index contributed by atoms with van der Waals surface area (Å²) in [4.78, 5) is 9.00. The van der Waals surface area contributed by atoms with Crippen molar-refractivity contribution in [3.05, 3.63) is 66.2 Å². The molecule has 0 bridgehead atoms. The number of aromatic nitrogens is 2. The van der Waals surface area contributed by atoms with Crippen LogP contribution in [0.2, 0.25) is 0 Å². The lowest BCUT2D eigenvalue weighted by Gasteiger charge is -2.13. The zero-order valence-electron chi connectivity index (χ0n) is 13.9. The fourth-order valence-electron chi connectivity index (χ4n) is 2.32. The van der Waals surface area contributed by atoms with Crippen LogP contribution in [0.3, 0.4) is 0 Å². The molecule has 1 aromatic heterocycles. The summed E-state index contributed by atoms with van der Waals surface area (Å²) >= 11 is 0. The van der Waals surface area contributed by atoms with Crippen molar-refractivity contribution in [2.75, 3.05) is 10.6 Å². The summed E-state index contributed by atoms with van der Waals surface area (Å²) < 4.78 is 26.5. The van der Waals surface area contributed by atoms with E-state index < -0.39 is 11.6 Å². The van der Waals surface area contributed by atoms with Crippen LogP contribution in [0.1, 0.15) is 13.8 Å². The summed E-state index contributed by atoms with van der Waals surface area (Å²) in [6.07, 6.45) is 0. The first-order chi connectivity index (χ1) is 12.0. The highest BCUT2D eigenvalue weighted by Crippen LogP contribution is 2.23. The highest BCUT2D eigenvalue weighted by atomic mass is 19.2. The number of rotatable bonds is 5. The molecule has 0 unspecified atom stereocenters. The van der Waals surface area contributed by atoms with E-state index in [2.05, 4.69) is 20.6 Å². The third kappa shape index (κ3) is 4.29. The standard InChI is InChI=1S/C19H18F2N4/c1-12(2)22-17-11-18(23-14-8-9-15(20)16(21)10-14)25-19(24-17)13-6-4-3-5-7-13/h3-12H,1-2H3,(H2,22,23,24,25). The Balaban J connectivity index is 1.98. The first-order valence-electron chi connectivity index (χ1n) is 7.94. The molecular formula is C19H18F2N4. The summed E-state index contributed by atoms with van der Waals surface area (Å²) in [5, 5.41) is 6.23. The molecule has 2 aromatic carbocycles. The van der Waals surface area contributed by atoms with Gasteiger partial charge in [0.2, 0.25) is 0 Å². The third-order valence-electron chi connectivity index (χ3n) is 3.39. The smallest absolute Gasteiger partial charge is 0.163 e. The molecule has 128 valence electrons. The Kier molecular flexibility index (Phi) is 4.88. The Bertz CT molecular complexity index is 867. The molecule has 0 amide bonds. The van der Waals surface area contributed by atoms with E-state index >= 15 is 0 Å². The third-order valence-corrected chi connectivity index (χ3v) is 3.39. The van der Waals surface area contributed by atoms with Crippen molar-refractivity contribution >= 4 is 17.3 Å². The molecule has 25 heavy (non-hydrogen) atoms. The van der Waals surface area contributed by atoms with Gasteiger partial charge in [-0.1, -0.05) is 30.3 Å². The van der Waals surface area contributed by atoms with E-state index in [9.17, 15) is 8.78 Å². The number of halogens is 2. The number of nitrogens with zero attached hydrogens (tertiary/aromatic N) is 2. The van der Waals surface area contributed by atoms with Gasteiger partial charge >= 0.3 is 0 Å². The molecule has 0 saturated carbocycles. The number of anilines is 3. The summed E-state index contributed by atoms with van der Waals surface area (Å²) in [5.74, 6) is -0.128. The van der Waals surface area contributed by atoms with E-state index in [1.807, 2.05) is 44.2 Å². The van der Waals surface area contributed by atoms with Crippen LogP contribution in [0.25, 0.3) is 11.4 Å². The largest absolute Gasteiger partial charge is 0.368 e. The van der Waals surface area contributed by atoms with Crippen LogP contribution in [0.15, 0.2) is 54.6 Å². The van der Waals surface area contributed by atoms with Crippen molar-refractivity contribution in [2.45, 2.75) is 19.9 Å². The van der Waals surface area contributed by atoms with E-state index in [1.165, 1.54) is 6.07 Å². The molecular weight excluding hydrogens is 322 g/mol. The van der Waals surface area contributed by atoms with Crippen LogP contribution in [0, 0.1) is 11.6 Å². The SMILES string of the molecule is CC(C)Nc1cc(Nc2ccc(F)c(F)c2)nc(-c2ccccc2)n1. The van der Waals surface area contributed by atoms with Crippen LogP contribution < -0.4 is 10.6 Å². The minimum atomic E-state index is -0.914. The average Bonchev–Trinajstić information content (AvgIpc) is 2.58. The van der Waals surface area contributed by atoms with Crippen LogP contribution in [0.5, 0.6) is 0 Å². The number of benzene rings is 2. The molecule has 0 fully saturated rings. The molecule has 4 nitrogen and oxygen atoms in total. The minimum absolute atomic E-state index is 0.189. The van der Waals surface area contributed by atoms with Gasteiger partial charge in [0.25, 0.3) is 0 Å². The fraction of sp³-hybridized carbons (Fsp3) is 0.158. The summed E-state index contributed by atoms with van der Waals surface area (Å²) in [6.45, 7) is 4.01. The van der Waals surface area contributed by atoms with Gasteiger partial charge in [-0.15, -0.1) is 0 Å². The second-order valence-corrected chi connectivity index (χ2v) is 5.88. The van der Waals surface area contributed by atoms with Crippen LogP contribution in [0.4, 0.5) is 26.1 Å². The first kappa shape index (κ1) is 16.8. The Hall–Kier alpha value is -3.02. The van der Waals surface area contributed by atoms with Gasteiger partial charge in [-0.25, -0.2) is 18.7 Å². The van der Waals surface area contributed by atoms with Crippen molar-refractivity contribution in [1.29, 1.82) is 0 Å². The lowest BCUT2D eigenvalue weighted by Crippen LogP contribution is -2.12. The van der Waals surface area contributed by atoms with Gasteiger partial charge in [-0.05, 0) is 26.0 Å². The molecule has 0 atom stereocenters. The van der Waals surface area contributed by atoms with Gasteiger partial charge in [0, 0.05) is 29.4 Å². The summed E-state index contributed by atoms with van der Waals surface area (Å²) in [5.41, 5.74) is 1.27. The van der Waals surface area contributed by atoms with Crippen LogP contribution >= 0.6 is 0 Å². The highest BCUT2D eigenvalue weighted by molar-refractivity contribution is 5.65. The maximum Gasteiger partial charge on any atom is 0.163 e. The van der Waals surface area contributed by atoms with E-state index in [4.69, 9.17) is 0 Å². The van der Waals surface area contributed by atoms with Gasteiger partial charge in [0.05, 0.1) is 0 Å². The molecule has 2 N–H and O–H groups in total. The van der Waals surface area contributed by atoms with Crippen LogP contribution in [-0.2, 0) is 0 Å². The molecule has 0 aliphatic heterocycles. The number of hydrogen-bond donors (Lipinski definition) is 2. The summed E-state index contributed by atoms with van der Waals surface area (Å²) in [6, 6.07) is 15.1. The average molecular weight is 340 g/mol. The topological polar surface area (TPSA) is 49.8 Å². The normalized spacial score (nSPS) is 10.8. The van der Waals surface area contributed by atoms with Gasteiger partial charge in [-0.2, -0.15) is 0 Å². The number of hydrogen-bond acceptors (Lipinski definition) is 4. The van der Waals surface area contributed by atoms with Gasteiger partial charge in [0.1, 0.15) is 11.6 Å². The van der Waals surface area contributed by atoms with Crippen LogP contribution in [-0.4, -0.2) is 16.0 Å². The van der Waals surface area contributed by atoms with Gasteiger partial charge < -0.3 is 10.6 Å². The first-order valence-corrected chi connectivity index (χ1v) is 7.94. The molecule has 0 aliphatic rings. The molecule has 6 heteroatoms. The van der Waals surface area contributed by atoms with E-state index in [1.54, 1.807) is 6.07 Å². The molecule has 3 rings (SSSR count). The van der Waals surface area contributed by atoms with E-state index in [0.29, 0.717) is 23.1 Å². The Morgan fingerprint density at radius 3 is 2.24 bits per heavy atom. The zero-order valence-corrected chi connectivity index (χ0v) is 13.9. The second-order valence-electron chi connectivity index (χ2n) is 5.88. The van der Waals surface area contributed by atoms with E-state index in [-0.39, 0.29) is 6.04 Å². The highest BCUT2D eigenvalue weighted by Gasteiger charge is 2.09. The molecule has 1 heterocycles. The monoisotopic (exact) mass is 340 g/mol. The molecule has 3 aromatic rings.